The number of alkyl halides is 3. The maximum atomic E-state index is 15.5. The Hall–Kier alpha value is -4.25. The molecule has 1 unspecified atom stereocenters. The number of nitrogens with one attached hydrogen (secondary N) is 1. The van der Waals surface area contributed by atoms with Gasteiger partial charge in [-0.3, -0.25) is 14.4 Å². The summed E-state index contributed by atoms with van der Waals surface area (Å²) in [5.74, 6) is -4.27. The van der Waals surface area contributed by atoms with E-state index in [2.05, 4.69) is 5.32 Å². The van der Waals surface area contributed by atoms with E-state index in [9.17, 15) is 31.9 Å². The standard InChI is InChI=1S/C26H15ClF5N3O3/c1-35-5-4-12-13(25(35)38)9-15(19-16(23(33)36)6-10(7-18(19)29)26(30,31)32)20-21(12)24(37)34-22(20)14-8-11(28)2-3-17(14)27/h2-9,22H,1H3,(H2,33,36)(H,34,37). The summed E-state index contributed by atoms with van der Waals surface area (Å²) < 4.78 is 71.2. The molecule has 1 aliphatic heterocycles. The maximum absolute atomic E-state index is 15.5. The molecule has 3 aromatic carbocycles. The number of benzene rings is 3. The Kier molecular flexibility index (Phi) is 5.79. The summed E-state index contributed by atoms with van der Waals surface area (Å²) in [6, 6.07) is 5.38. The lowest BCUT2D eigenvalue weighted by molar-refractivity contribution is -0.137. The van der Waals surface area contributed by atoms with Crippen LogP contribution in [0, 0.1) is 11.6 Å². The molecule has 0 radical (unpaired) electrons. The van der Waals surface area contributed by atoms with Gasteiger partial charge in [-0.05, 0) is 48.0 Å². The van der Waals surface area contributed by atoms with E-state index < -0.39 is 57.9 Å². The molecule has 1 atom stereocenters. The Labute approximate surface area is 215 Å². The molecule has 0 aliphatic carbocycles. The van der Waals surface area contributed by atoms with Crippen molar-refractivity contribution in [2.75, 3.05) is 0 Å². The Morgan fingerprint density at radius 1 is 1.03 bits per heavy atom. The van der Waals surface area contributed by atoms with Gasteiger partial charge in [0.2, 0.25) is 5.91 Å². The van der Waals surface area contributed by atoms with Gasteiger partial charge in [0, 0.05) is 45.7 Å². The van der Waals surface area contributed by atoms with Crippen molar-refractivity contribution in [3.05, 3.63) is 103 Å². The average molecular weight is 548 g/mol. The van der Waals surface area contributed by atoms with Crippen LogP contribution in [0.2, 0.25) is 5.02 Å². The van der Waals surface area contributed by atoms with E-state index in [1.807, 2.05) is 0 Å². The first-order valence-corrected chi connectivity index (χ1v) is 11.3. The number of aromatic nitrogens is 1. The van der Waals surface area contributed by atoms with E-state index in [0.717, 1.165) is 12.1 Å². The smallest absolute Gasteiger partial charge is 0.366 e. The van der Waals surface area contributed by atoms with Gasteiger partial charge in [-0.25, -0.2) is 8.78 Å². The molecule has 4 aromatic rings. The molecule has 38 heavy (non-hydrogen) atoms. The highest BCUT2D eigenvalue weighted by Crippen LogP contribution is 2.45. The fourth-order valence-corrected chi connectivity index (χ4v) is 4.97. The zero-order valence-electron chi connectivity index (χ0n) is 19.2. The van der Waals surface area contributed by atoms with Crippen molar-refractivity contribution in [1.29, 1.82) is 0 Å². The minimum Gasteiger partial charge on any atom is -0.366 e. The molecule has 0 saturated carbocycles. The van der Waals surface area contributed by atoms with Gasteiger partial charge in [-0.15, -0.1) is 0 Å². The molecule has 5 rings (SSSR count). The van der Waals surface area contributed by atoms with Gasteiger partial charge in [0.25, 0.3) is 11.5 Å². The van der Waals surface area contributed by atoms with Crippen molar-refractivity contribution in [3.63, 3.8) is 0 Å². The Morgan fingerprint density at radius 3 is 2.39 bits per heavy atom. The number of rotatable bonds is 3. The average Bonchev–Trinajstić information content (AvgIpc) is 3.19. The predicted molar refractivity (Wildman–Crippen MR) is 129 cm³/mol. The van der Waals surface area contributed by atoms with E-state index >= 15 is 4.39 Å². The number of hydrogen-bond acceptors (Lipinski definition) is 3. The molecular formula is C26H15ClF5N3O3. The Bertz CT molecular complexity index is 1760. The molecule has 0 bridgehead atoms. The van der Waals surface area contributed by atoms with Gasteiger partial charge in [-0.2, -0.15) is 13.2 Å². The van der Waals surface area contributed by atoms with Crippen molar-refractivity contribution < 1.29 is 31.5 Å². The van der Waals surface area contributed by atoms with Crippen LogP contribution >= 0.6 is 11.6 Å². The van der Waals surface area contributed by atoms with E-state index in [1.165, 1.54) is 36.0 Å². The van der Waals surface area contributed by atoms with Crippen LogP contribution in [0.15, 0.2) is 53.5 Å². The predicted octanol–water partition coefficient (Wildman–Crippen LogP) is 5.09. The topological polar surface area (TPSA) is 94.2 Å². The fourth-order valence-electron chi connectivity index (χ4n) is 4.74. The van der Waals surface area contributed by atoms with Crippen molar-refractivity contribution in [3.8, 4) is 11.1 Å². The lowest BCUT2D eigenvalue weighted by Gasteiger charge is -2.21. The second-order valence-electron chi connectivity index (χ2n) is 8.72. The SMILES string of the molecule is Cn1ccc2c3c(c(-c4c(F)cc(C(F)(F)F)cc4C(N)=O)cc2c1=O)C(c1cc(F)ccc1Cl)NC3=O. The molecule has 0 saturated heterocycles. The Morgan fingerprint density at radius 2 is 1.74 bits per heavy atom. The lowest BCUT2D eigenvalue weighted by Crippen LogP contribution is -2.21. The van der Waals surface area contributed by atoms with E-state index in [1.54, 1.807) is 0 Å². The number of halogens is 6. The van der Waals surface area contributed by atoms with Crippen LogP contribution in [0.1, 0.15) is 43.4 Å². The van der Waals surface area contributed by atoms with Gasteiger partial charge in [0.15, 0.2) is 0 Å². The maximum Gasteiger partial charge on any atom is 0.416 e. The zero-order chi connectivity index (χ0) is 27.7. The summed E-state index contributed by atoms with van der Waals surface area (Å²) in [6.07, 6.45) is -3.60. The number of amides is 2. The van der Waals surface area contributed by atoms with E-state index in [-0.39, 0.29) is 44.1 Å². The van der Waals surface area contributed by atoms with Crippen LogP contribution in [0.5, 0.6) is 0 Å². The molecule has 0 fully saturated rings. The van der Waals surface area contributed by atoms with Gasteiger partial charge in [-0.1, -0.05) is 11.6 Å². The van der Waals surface area contributed by atoms with Gasteiger partial charge in [0.1, 0.15) is 11.6 Å². The molecule has 1 aromatic heterocycles. The van der Waals surface area contributed by atoms with Crippen LogP contribution in [0.25, 0.3) is 21.9 Å². The number of aryl methyl sites for hydroxylation is 1. The summed E-state index contributed by atoms with van der Waals surface area (Å²) in [5.41, 5.74) is 1.54. The number of pyridine rings is 1. The minimum absolute atomic E-state index is 0.00980. The highest BCUT2D eigenvalue weighted by molar-refractivity contribution is 6.31. The summed E-state index contributed by atoms with van der Waals surface area (Å²) in [4.78, 5) is 38.5. The number of carbonyl (C=O) groups excluding carboxylic acids is 2. The molecule has 12 heteroatoms. The summed E-state index contributed by atoms with van der Waals surface area (Å²) in [6.45, 7) is 0. The first-order chi connectivity index (χ1) is 17.8. The number of carbonyl (C=O) groups is 2. The molecule has 3 N–H and O–H groups in total. The molecule has 194 valence electrons. The fraction of sp³-hybridized carbons (Fsp3) is 0.115. The van der Waals surface area contributed by atoms with Crippen LogP contribution in [0.3, 0.4) is 0 Å². The summed E-state index contributed by atoms with van der Waals surface area (Å²) >= 11 is 6.29. The largest absolute Gasteiger partial charge is 0.416 e. The van der Waals surface area contributed by atoms with Gasteiger partial charge < -0.3 is 15.6 Å². The molecule has 2 amide bonds. The quantitative estimate of drug-likeness (QED) is 0.350. The summed E-state index contributed by atoms with van der Waals surface area (Å²) in [7, 11) is 1.43. The molecule has 0 spiro atoms. The van der Waals surface area contributed by atoms with Crippen molar-refractivity contribution in [2.45, 2.75) is 12.2 Å². The number of fused-ring (bicyclic) bond motifs is 3. The molecule has 1 aliphatic rings. The monoisotopic (exact) mass is 547 g/mol. The third-order valence-electron chi connectivity index (χ3n) is 6.44. The first kappa shape index (κ1) is 25.4. The molecular weight excluding hydrogens is 533 g/mol. The number of primary amides is 1. The van der Waals surface area contributed by atoms with E-state index in [4.69, 9.17) is 17.3 Å². The number of nitrogens with zero attached hydrogens (tertiary/aromatic N) is 1. The third kappa shape index (κ3) is 3.90. The highest BCUT2D eigenvalue weighted by atomic mass is 35.5. The summed E-state index contributed by atoms with van der Waals surface area (Å²) in [5, 5.41) is 2.75. The van der Waals surface area contributed by atoms with Crippen LogP contribution in [0.4, 0.5) is 22.0 Å². The van der Waals surface area contributed by atoms with Gasteiger partial charge >= 0.3 is 6.18 Å². The van der Waals surface area contributed by atoms with Crippen LogP contribution in [-0.2, 0) is 13.2 Å². The number of nitrogens with two attached hydrogens (primary N) is 1. The second kappa shape index (κ2) is 8.66. The van der Waals surface area contributed by atoms with Crippen molar-refractivity contribution in [1.82, 2.24) is 9.88 Å². The highest BCUT2D eigenvalue weighted by Gasteiger charge is 2.39. The van der Waals surface area contributed by atoms with E-state index in [0.29, 0.717) is 6.07 Å². The zero-order valence-corrected chi connectivity index (χ0v) is 20.0. The first-order valence-electron chi connectivity index (χ1n) is 10.9. The minimum atomic E-state index is -5.00. The van der Waals surface area contributed by atoms with Crippen LogP contribution < -0.4 is 16.6 Å². The Balaban J connectivity index is 1.97. The lowest BCUT2D eigenvalue weighted by atomic mass is 9.85. The normalized spacial score (nSPS) is 15.0. The van der Waals surface area contributed by atoms with Gasteiger partial charge in [0.05, 0.1) is 22.7 Å². The molecule has 2 heterocycles. The number of hydrogen-bond donors (Lipinski definition) is 2. The molecule has 6 nitrogen and oxygen atoms in total. The third-order valence-corrected chi connectivity index (χ3v) is 6.78. The second-order valence-corrected chi connectivity index (χ2v) is 9.13. The van der Waals surface area contributed by atoms with Crippen molar-refractivity contribution >= 4 is 34.2 Å². The van der Waals surface area contributed by atoms with Crippen LogP contribution in [-0.4, -0.2) is 16.4 Å². The van der Waals surface area contributed by atoms with Crippen molar-refractivity contribution in [2.24, 2.45) is 12.8 Å².